The lowest BCUT2D eigenvalue weighted by Crippen LogP contribution is -2.36. The molecule has 0 aliphatic carbocycles. The number of carbonyl (C=O) groups is 1. The molecule has 434 valence electrons. The topological polar surface area (TPSA) is 186 Å². The molecular weight excluding hydrogens is 1020 g/mol. The van der Waals surface area contributed by atoms with Crippen molar-refractivity contribution >= 4 is 58.2 Å². The molecule has 16 nitrogen and oxygen atoms in total. The summed E-state index contributed by atoms with van der Waals surface area (Å²) in [6, 6.07) is 12.4. The third-order valence-electron chi connectivity index (χ3n) is 15.0. The fourth-order valence-electron chi connectivity index (χ4n) is 9.84. The molecule has 0 fully saturated rings. The van der Waals surface area contributed by atoms with E-state index in [1.807, 2.05) is 37.7 Å². The number of rotatable bonds is 42. The van der Waals surface area contributed by atoms with E-state index in [1.165, 1.54) is 27.8 Å². The summed E-state index contributed by atoms with van der Waals surface area (Å²) in [6.45, 7) is 27.0. The number of H-pyrrole nitrogens is 1. The summed E-state index contributed by atoms with van der Waals surface area (Å²) in [6.07, 6.45) is 13.4. The minimum absolute atomic E-state index is 0.169. The zero-order valence-electron chi connectivity index (χ0n) is 49.5. The van der Waals surface area contributed by atoms with Gasteiger partial charge in [-0.25, -0.2) is 14.8 Å². The summed E-state index contributed by atoms with van der Waals surface area (Å²) in [5.41, 5.74) is 13.6. The van der Waals surface area contributed by atoms with Crippen LogP contribution in [-0.2, 0) is 43.8 Å². The maximum atomic E-state index is 10.7. The molecule has 0 saturated carbocycles. The normalized spacial score (nSPS) is 15.4. The third-order valence-corrected chi connectivity index (χ3v) is 24.4. The molecule has 0 atom stereocenters. The van der Waals surface area contributed by atoms with Crippen LogP contribution in [0.5, 0.6) is 11.5 Å². The highest BCUT2D eigenvalue weighted by Gasteiger charge is 2.30. The second kappa shape index (κ2) is 35.9. The Kier molecular flexibility index (Phi) is 30.3. The number of nitrogens with one attached hydrogen (secondary N) is 1. The number of aliphatic carboxylic acids is 1. The van der Waals surface area contributed by atoms with Crippen LogP contribution in [0.3, 0.4) is 0 Å². The number of benzene rings is 1. The van der Waals surface area contributed by atoms with E-state index in [0.29, 0.717) is 56.8 Å². The summed E-state index contributed by atoms with van der Waals surface area (Å²) in [4.78, 5) is 34.6. The first-order valence-corrected chi connectivity index (χ1v) is 33.8. The van der Waals surface area contributed by atoms with Crippen molar-refractivity contribution in [2.24, 2.45) is 20.0 Å². The lowest BCUT2D eigenvalue weighted by Gasteiger charge is -2.28. The number of aromatic nitrogens is 1. The van der Waals surface area contributed by atoms with Gasteiger partial charge >= 0.3 is 5.97 Å². The molecule has 4 rings (SSSR count). The smallest absolute Gasteiger partial charge is 0.329 e. The van der Waals surface area contributed by atoms with Gasteiger partial charge in [-0.05, 0) is 146 Å². The standard InChI is InChI=1S/C60H95N5O11Si2/c1-13-48-49(14-2)53(63-52(48)40-54-50(45(9)56(64-54)42-61-11)23-21-27-75-77(15-3,16-4)17-5)41-55-51(24-22-28-76-78(18-6,19-7)20-8)46(10)57(65-55)43-62-47-25-26-58(73-37-35-71-33-34-72-44-60(66)67)59(39-47)74-38-36-70-32-31-69-30-29-68-12/h25-26,39-43,64H,13-24,27-38,44H2,1-12H3,(H,66,67)/b52-40?,55-41-,61-42?,62-43?. The van der Waals surface area contributed by atoms with E-state index < -0.39 is 22.6 Å². The van der Waals surface area contributed by atoms with Gasteiger partial charge in [0, 0.05) is 45.3 Å². The van der Waals surface area contributed by atoms with Crippen molar-refractivity contribution in [2.75, 3.05) is 100 Å². The molecule has 0 unspecified atom stereocenters. The molecule has 2 aliphatic heterocycles. The summed E-state index contributed by atoms with van der Waals surface area (Å²) in [5.74, 6) is 0.00551. The SMILES string of the molecule is CCC1=C(CC)C(/C=C2\N=C(C=Nc3ccc(OCCOCCOCC(=O)O)c(OCCOCCOCCOC)c3)C(C)=C2CCCO[Si](CC)(CC)CC)=NC1=Cc1[nH]c(C=NC)c(C)c1CCCO[Si](CC)(CC)CC. The zero-order chi connectivity index (χ0) is 56.8. The number of aromatic amines is 1. The van der Waals surface area contributed by atoms with Crippen molar-refractivity contribution in [3.63, 3.8) is 0 Å². The number of carboxylic acids is 1. The number of nitrogens with zero attached hydrogens (tertiary/aromatic N) is 4. The van der Waals surface area contributed by atoms with Gasteiger partial charge in [0.05, 0.1) is 93.3 Å². The number of methoxy groups -OCH3 is 1. The number of hydrogen-bond acceptors (Lipinski definition) is 14. The number of ether oxygens (including phenoxy) is 7. The van der Waals surface area contributed by atoms with Gasteiger partial charge in [0.2, 0.25) is 0 Å². The molecule has 2 N–H and O–H groups in total. The second-order valence-electron chi connectivity index (χ2n) is 19.5. The van der Waals surface area contributed by atoms with Crippen molar-refractivity contribution in [1.29, 1.82) is 0 Å². The predicted molar refractivity (Wildman–Crippen MR) is 323 cm³/mol. The molecule has 2 aliphatic rings. The van der Waals surface area contributed by atoms with Crippen LogP contribution in [-0.4, -0.2) is 157 Å². The average Bonchev–Trinajstić information content (AvgIpc) is 4.08. The molecule has 0 spiro atoms. The molecule has 3 heterocycles. The Balaban J connectivity index is 1.68. The van der Waals surface area contributed by atoms with Gasteiger partial charge < -0.3 is 52.1 Å². The molecule has 78 heavy (non-hydrogen) atoms. The first-order chi connectivity index (χ1) is 37.8. The van der Waals surface area contributed by atoms with Gasteiger partial charge in [-0.3, -0.25) is 9.98 Å². The first-order valence-electron chi connectivity index (χ1n) is 28.8. The fourth-order valence-corrected chi connectivity index (χ4v) is 15.2. The van der Waals surface area contributed by atoms with E-state index in [9.17, 15) is 4.79 Å². The summed E-state index contributed by atoms with van der Waals surface area (Å²) in [5, 5.41) is 8.81. The molecule has 18 heteroatoms. The van der Waals surface area contributed by atoms with Crippen LogP contribution in [0.4, 0.5) is 5.69 Å². The number of carboxylic acid groups (broad SMARTS) is 1. The molecule has 1 aromatic carbocycles. The Morgan fingerprint density at radius 2 is 1.15 bits per heavy atom. The number of aliphatic imine (C=N–C) groups is 4. The van der Waals surface area contributed by atoms with Crippen LogP contribution < -0.4 is 9.47 Å². The van der Waals surface area contributed by atoms with E-state index in [-0.39, 0.29) is 39.6 Å². The minimum atomic E-state index is -1.76. The van der Waals surface area contributed by atoms with E-state index in [1.54, 1.807) is 7.11 Å². The average molecular weight is 1120 g/mol. The molecule has 0 radical (unpaired) electrons. The van der Waals surface area contributed by atoms with E-state index in [0.717, 1.165) is 121 Å². The summed E-state index contributed by atoms with van der Waals surface area (Å²) in [7, 11) is 0.0196. The van der Waals surface area contributed by atoms with Gasteiger partial charge in [-0.1, -0.05) is 55.4 Å². The highest BCUT2D eigenvalue weighted by molar-refractivity contribution is 6.74. The second-order valence-corrected chi connectivity index (χ2v) is 29.1. The molecule has 0 saturated heterocycles. The van der Waals surface area contributed by atoms with E-state index >= 15 is 0 Å². The molecule has 0 bridgehead atoms. The van der Waals surface area contributed by atoms with Crippen LogP contribution in [0.25, 0.3) is 6.08 Å². The van der Waals surface area contributed by atoms with Gasteiger partial charge in [0.25, 0.3) is 0 Å². The maximum absolute atomic E-state index is 10.7. The fraction of sp³-hybridized carbons (Fsp3) is 0.617. The van der Waals surface area contributed by atoms with Gasteiger partial charge in [0.1, 0.15) is 19.8 Å². The lowest BCUT2D eigenvalue weighted by atomic mass is 9.96. The van der Waals surface area contributed by atoms with Crippen LogP contribution in [0.15, 0.2) is 77.9 Å². The maximum Gasteiger partial charge on any atom is 0.329 e. The molecule has 2 aromatic rings. The minimum Gasteiger partial charge on any atom is -0.487 e. The summed E-state index contributed by atoms with van der Waals surface area (Å²) < 4.78 is 52.7. The lowest BCUT2D eigenvalue weighted by molar-refractivity contribution is -0.142. The number of allylic oxidation sites excluding steroid dienone is 5. The van der Waals surface area contributed by atoms with Crippen LogP contribution in [0, 0.1) is 6.92 Å². The van der Waals surface area contributed by atoms with Crippen LogP contribution >= 0.6 is 0 Å². The Labute approximate surface area is 469 Å². The van der Waals surface area contributed by atoms with Crippen LogP contribution in [0.1, 0.15) is 117 Å². The zero-order valence-corrected chi connectivity index (χ0v) is 51.5. The van der Waals surface area contributed by atoms with Crippen molar-refractivity contribution in [3.05, 3.63) is 80.5 Å². The van der Waals surface area contributed by atoms with Gasteiger partial charge in [0.15, 0.2) is 28.1 Å². The van der Waals surface area contributed by atoms with Gasteiger partial charge in [-0.15, -0.1) is 0 Å². The summed E-state index contributed by atoms with van der Waals surface area (Å²) >= 11 is 0. The highest BCUT2D eigenvalue weighted by Crippen LogP contribution is 2.37. The number of hydrogen-bond donors (Lipinski definition) is 2. The van der Waals surface area contributed by atoms with E-state index in [2.05, 4.69) is 91.4 Å². The Morgan fingerprint density at radius 3 is 1.72 bits per heavy atom. The van der Waals surface area contributed by atoms with Crippen molar-refractivity contribution in [2.45, 2.75) is 144 Å². The van der Waals surface area contributed by atoms with E-state index in [4.69, 9.17) is 62.1 Å². The van der Waals surface area contributed by atoms with Crippen molar-refractivity contribution < 1.29 is 51.9 Å². The van der Waals surface area contributed by atoms with Gasteiger partial charge in [-0.2, -0.15) is 0 Å². The Bertz CT molecular complexity index is 2410. The largest absolute Gasteiger partial charge is 0.487 e. The molecule has 1 aromatic heterocycles. The third kappa shape index (κ3) is 20.2. The van der Waals surface area contributed by atoms with Crippen molar-refractivity contribution in [1.82, 2.24) is 4.98 Å². The van der Waals surface area contributed by atoms with Crippen molar-refractivity contribution in [3.8, 4) is 11.5 Å². The van der Waals surface area contributed by atoms with Crippen LogP contribution in [0.2, 0.25) is 36.3 Å². The molecular formula is C60H95N5O11Si2. The monoisotopic (exact) mass is 1120 g/mol. The Hall–Kier alpha value is -4.64. The molecule has 0 amide bonds. The Morgan fingerprint density at radius 1 is 0.615 bits per heavy atom. The highest BCUT2D eigenvalue weighted by atomic mass is 28.4. The quantitative estimate of drug-likeness (QED) is 0.0366. The first kappa shape index (κ1) is 65.9. The predicted octanol–water partition coefficient (Wildman–Crippen LogP) is 12.7.